The van der Waals surface area contributed by atoms with Crippen molar-refractivity contribution in [2.75, 3.05) is 19.1 Å². The predicted octanol–water partition coefficient (Wildman–Crippen LogP) is 2.99. The normalized spacial score (nSPS) is 15.6. The van der Waals surface area contributed by atoms with Crippen LogP contribution in [0.1, 0.15) is 16.7 Å². The van der Waals surface area contributed by atoms with Crippen LogP contribution >= 0.6 is 0 Å². The average Bonchev–Trinajstić information content (AvgIpc) is 2.67. The van der Waals surface area contributed by atoms with Gasteiger partial charge in [0.15, 0.2) is 11.5 Å². The van der Waals surface area contributed by atoms with Gasteiger partial charge in [0.2, 0.25) is 0 Å². The fourth-order valence-corrected chi connectivity index (χ4v) is 3.00. The topological polar surface area (TPSA) is 84.9 Å². The number of carbonyl (C=O) groups excluding carboxylic acids is 3. The lowest BCUT2D eigenvalue weighted by Gasteiger charge is -2.27. The van der Waals surface area contributed by atoms with Crippen LogP contribution in [0, 0.1) is 13.8 Å². The maximum atomic E-state index is 13.0. The number of imide groups is 2. The molecule has 28 heavy (non-hydrogen) atoms. The first-order valence-electron chi connectivity index (χ1n) is 8.57. The molecule has 2 aromatic rings. The summed E-state index contributed by atoms with van der Waals surface area (Å²) in [6.07, 6.45) is 1.45. The van der Waals surface area contributed by atoms with Gasteiger partial charge in [0.05, 0.1) is 19.9 Å². The highest BCUT2D eigenvalue weighted by Gasteiger charge is 2.37. The van der Waals surface area contributed by atoms with Gasteiger partial charge in [0.25, 0.3) is 11.8 Å². The molecule has 1 N–H and O–H groups in total. The minimum Gasteiger partial charge on any atom is -0.493 e. The van der Waals surface area contributed by atoms with Crippen LogP contribution in [0.4, 0.5) is 10.5 Å². The van der Waals surface area contributed by atoms with E-state index >= 15 is 0 Å². The second-order valence-electron chi connectivity index (χ2n) is 6.31. The van der Waals surface area contributed by atoms with Crippen LogP contribution in [0.3, 0.4) is 0 Å². The van der Waals surface area contributed by atoms with E-state index in [4.69, 9.17) is 9.47 Å². The van der Waals surface area contributed by atoms with Crippen molar-refractivity contribution in [2.45, 2.75) is 13.8 Å². The Balaban J connectivity index is 2.09. The van der Waals surface area contributed by atoms with Crippen molar-refractivity contribution in [3.63, 3.8) is 0 Å². The van der Waals surface area contributed by atoms with Crippen molar-refractivity contribution in [1.29, 1.82) is 0 Å². The number of urea groups is 1. The molecule has 0 atom stereocenters. The van der Waals surface area contributed by atoms with Crippen molar-refractivity contribution >= 4 is 29.6 Å². The summed E-state index contributed by atoms with van der Waals surface area (Å²) < 4.78 is 10.6. The molecule has 1 aliphatic heterocycles. The lowest BCUT2D eigenvalue weighted by atomic mass is 10.0. The number of rotatable bonds is 4. The minimum absolute atomic E-state index is 0.141. The summed E-state index contributed by atoms with van der Waals surface area (Å²) >= 11 is 0. The lowest BCUT2D eigenvalue weighted by molar-refractivity contribution is -0.122. The summed E-state index contributed by atoms with van der Waals surface area (Å²) in [6, 6.07) is 9.62. The number of methoxy groups -OCH3 is 2. The summed E-state index contributed by atoms with van der Waals surface area (Å²) in [7, 11) is 3.03. The molecule has 0 radical (unpaired) electrons. The zero-order valence-electron chi connectivity index (χ0n) is 16.0. The third kappa shape index (κ3) is 3.34. The van der Waals surface area contributed by atoms with Crippen LogP contribution in [-0.2, 0) is 9.59 Å². The third-order valence-corrected chi connectivity index (χ3v) is 4.53. The molecule has 1 aliphatic rings. The second kappa shape index (κ2) is 7.56. The molecule has 7 heteroatoms. The van der Waals surface area contributed by atoms with Gasteiger partial charge in [-0.2, -0.15) is 0 Å². The molecular weight excluding hydrogens is 360 g/mol. The van der Waals surface area contributed by atoms with Gasteiger partial charge >= 0.3 is 6.03 Å². The number of hydrogen-bond acceptors (Lipinski definition) is 5. The molecule has 1 saturated heterocycles. The van der Waals surface area contributed by atoms with Gasteiger partial charge in [-0.25, -0.2) is 9.69 Å². The standard InChI is InChI=1S/C21H20N2O5/c1-12-7-5-6-8-16(12)23-20(25)15(19(24)22-21(23)26)10-14-11-18(28-4)17(27-3)9-13(14)2/h5-11H,1-4H3,(H,22,24,26)/b15-10+. The van der Waals surface area contributed by atoms with Crippen molar-refractivity contribution in [1.82, 2.24) is 5.32 Å². The monoisotopic (exact) mass is 380 g/mol. The first-order valence-corrected chi connectivity index (χ1v) is 8.57. The van der Waals surface area contributed by atoms with E-state index in [1.54, 1.807) is 43.3 Å². The van der Waals surface area contributed by atoms with E-state index in [0.29, 0.717) is 22.7 Å². The first-order chi connectivity index (χ1) is 13.4. The SMILES string of the molecule is COc1cc(C)c(/C=C2\C(=O)NC(=O)N(c3ccccc3C)C2=O)cc1OC. The summed E-state index contributed by atoms with van der Waals surface area (Å²) in [5, 5.41) is 2.23. The summed E-state index contributed by atoms with van der Waals surface area (Å²) in [6.45, 7) is 3.61. The Labute approximate surface area is 162 Å². The molecule has 1 heterocycles. The Morgan fingerprint density at radius 1 is 0.929 bits per heavy atom. The fourth-order valence-electron chi connectivity index (χ4n) is 3.00. The maximum Gasteiger partial charge on any atom is 0.335 e. The van der Waals surface area contributed by atoms with E-state index in [1.165, 1.54) is 20.3 Å². The van der Waals surface area contributed by atoms with Gasteiger partial charge in [-0.3, -0.25) is 14.9 Å². The van der Waals surface area contributed by atoms with Gasteiger partial charge in [-0.1, -0.05) is 18.2 Å². The van der Waals surface area contributed by atoms with Crippen molar-refractivity contribution in [3.05, 3.63) is 58.7 Å². The maximum absolute atomic E-state index is 13.0. The van der Waals surface area contributed by atoms with E-state index in [2.05, 4.69) is 5.32 Å². The quantitative estimate of drug-likeness (QED) is 0.651. The average molecular weight is 380 g/mol. The molecule has 4 amide bonds. The Morgan fingerprint density at radius 2 is 1.57 bits per heavy atom. The van der Waals surface area contributed by atoms with E-state index in [9.17, 15) is 14.4 Å². The number of ether oxygens (including phenoxy) is 2. The van der Waals surface area contributed by atoms with E-state index in [-0.39, 0.29) is 5.57 Å². The highest BCUT2D eigenvalue weighted by molar-refractivity contribution is 6.39. The number of benzene rings is 2. The fraction of sp³-hybridized carbons (Fsp3) is 0.190. The summed E-state index contributed by atoms with van der Waals surface area (Å²) in [4.78, 5) is 38.7. The lowest BCUT2D eigenvalue weighted by Crippen LogP contribution is -2.54. The Morgan fingerprint density at radius 3 is 2.21 bits per heavy atom. The summed E-state index contributed by atoms with van der Waals surface area (Å²) in [5.41, 5.74) is 2.41. The number of nitrogens with one attached hydrogen (secondary N) is 1. The van der Waals surface area contributed by atoms with Crippen LogP contribution in [0.25, 0.3) is 6.08 Å². The van der Waals surface area contributed by atoms with Crippen LogP contribution in [-0.4, -0.2) is 32.1 Å². The highest BCUT2D eigenvalue weighted by atomic mass is 16.5. The smallest absolute Gasteiger partial charge is 0.335 e. The van der Waals surface area contributed by atoms with Gasteiger partial charge in [-0.05, 0) is 54.8 Å². The molecule has 144 valence electrons. The van der Waals surface area contributed by atoms with Crippen molar-refractivity contribution in [3.8, 4) is 11.5 Å². The van der Waals surface area contributed by atoms with Crippen LogP contribution < -0.4 is 19.7 Å². The molecular formula is C21H20N2O5. The first kappa shape index (κ1) is 19.2. The number of nitrogens with zero attached hydrogens (tertiary/aromatic N) is 1. The zero-order valence-corrected chi connectivity index (χ0v) is 16.0. The number of anilines is 1. The van der Waals surface area contributed by atoms with Crippen LogP contribution in [0.5, 0.6) is 11.5 Å². The molecule has 0 aliphatic carbocycles. The molecule has 0 spiro atoms. The van der Waals surface area contributed by atoms with Gasteiger partial charge in [0.1, 0.15) is 5.57 Å². The molecule has 7 nitrogen and oxygen atoms in total. The number of hydrogen-bond donors (Lipinski definition) is 1. The molecule has 0 saturated carbocycles. The predicted molar refractivity (Wildman–Crippen MR) is 104 cm³/mol. The number of carbonyl (C=O) groups is 3. The second-order valence-corrected chi connectivity index (χ2v) is 6.31. The minimum atomic E-state index is -0.773. The number of barbiturate groups is 1. The largest absolute Gasteiger partial charge is 0.493 e. The molecule has 0 bridgehead atoms. The molecule has 3 rings (SSSR count). The van der Waals surface area contributed by atoms with E-state index in [1.807, 2.05) is 6.92 Å². The highest BCUT2D eigenvalue weighted by Crippen LogP contribution is 2.32. The van der Waals surface area contributed by atoms with E-state index in [0.717, 1.165) is 16.0 Å². The number of para-hydroxylation sites is 1. The number of amides is 4. The molecule has 2 aromatic carbocycles. The molecule has 1 fully saturated rings. The Hall–Kier alpha value is -3.61. The van der Waals surface area contributed by atoms with E-state index < -0.39 is 17.8 Å². The Bertz CT molecular complexity index is 1010. The molecule has 0 aromatic heterocycles. The summed E-state index contributed by atoms with van der Waals surface area (Å²) in [5.74, 6) is -0.417. The van der Waals surface area contributed by atoms with Gasteiger partial charge in [-0.15, -0.1) is 0 Å². The van der Waals surface area contributed by atoms with Crippen LogP contribution in [0.15, 0.2) is 42.0 Å². The number of aryl methyl sites for hydroxylation is 2. The van der Waals surface area contributed by atoms with Gasteiger partial charge in [0, 0.05) is 0 Å². The van der Waals surface area contributed by atoms with Gasteiger partial charge < -0.3 is 9.47 Å². The van der Waals surface area contributed by atoms with Crippen molar-refractivity contribution < 1.29 is 23.9 Å². The van der Waals surface area contributed by atoms with Crippen LogP contribution in [0.2, 0.25) is 0 Å². The third-order valence-electron chi connectivity index (χ3n) is 4.53. The molecule has 0 unspecified atom stereocenters. The Kier molecular flexibility index (Phi) is 5.17. The van der Waals surface area contributed by atoms with Crippen molar-refractivity contribution in [2.24, 2.45) is 0 Å². The zero-order chi connectivity index (χ0) is 20.4.